The van der Waals surface area contributed by atoms with E-state index < -0.39 is 0 Å². The van der Waals surface area contributed by atoms with Crippen LogP contribution in [0.15, 0.2) is 0 Å². The fourth-order valence-electron chi connectivity index (χ4n) is 1.94. The standard InChI is InChI=1S/C16H31O2/c1-3-5-7-9-10-11-12-14-16(17)18-15-13-8-6-4-2/h1,3-15H2,2H3. The third kappa shape index (κ3) is 13.5. The van der Waals surface area contributed by atoms with Gasteiger partial charge in [-0.3, -0.25) is 4.79 Å². The van der Waals surface area contributed by atoms with E-state index in [9.17, 15) is 4.79 Å². The fraction of sp³-hybridized carbons (Fsp3) is 0.875. The first-order chi connectivity index (χ1) is 8.81. The molecule has 0 atom stereocenters. The van der Waals surface area contributed by atoms with Crippen LogP contribution in [0, 0.1) is 6.92 Å². The average Bonchev–Trinajstić information content (AvgIpc) is 2.37. The Labute approximate surface area is 113 Å². The molecule has 107 valence electrons. The van der Waals surface area contributed by atoms with E-state index >= 15 is 0 Å². The molecule has 0 heterocycles. The van der Waals surface area contributed by atoms with Gasteiger partial charge >= 0.3 is 5.97 Å². The highest BCUT2D eigenvalue weighted by Gasteiger charge is 2.02. The van der Waals surface area contributed by atoms with Crippen LogP contribution >= 0.6 is 0 Å². The van der Waals surface area contributed by atoms with Crippen molar-refractivity contribution in [1.82, 2.24) is 0 Å². The lowest BCUT2D eigenvalue weighted by atomic mass is 10.1. The van der Waals surface area contributed by atoms with Gasteiger partial charge in [-0.2, -0.15) is 0 Å². The van der Waals surface area contributed by atoms with Crippen LogP contribution in [0.25, 0.3) is 0 Å². The summed E-state index contributed by atoms with van der Waals surface area (Å²) in [6, 6.07) is 0. The first-order valence-corrected chi connectivity index (χ1v) is 7.76. The molecule has 0 fully saturated rings. The van der Waals surface area contributed by atoms with E-state index in [1.165, 1.54) is 44.9 Å². The Hall–Kier alpha value is -0.530. The summed E-state index contributed by atoms with van der Waals surface area (Å²) >= 11 is 0. The summed E-state index contributed by atoms with van der Waals surface area (Å²) in [6.45, 7) is 6.63. The summed E-state index contributed by atoms with van der Waals surface area (Å²) in [5, 5.41) is 0. The molecule has 2 heteroatoms. The zero-order chi connectivity index (χ0) is 13.5. The molecule has 0 saturated heterocycles. The van der Waals surface area contributed by atoms with Gasteiger partial charge in [0.05, 0.1) is 6.61 Å². The highest BCUT2D eigenvalue weighted by atomic mass is 16.5. The summed E-state index contributed by atoms with van der Waals surface area (Å²) in [6.07, 6.45) is 13.5. The van der Waals surface area contributed by atoms with Crippen LogP contribution in [0.1, 0.15) is 84.0 Å². The average molecular weight is 255 g/mol. The van der Waals surface area contributed by atoms with Gasteiger partial charge in [-0.15, -0.1) is 0 Å². The maximum atomic E-state index is 11.4. The summed E-state index contributed by atoms with van der Waals surface area (Å²) < 4.78 is 5.19. The van der Waals surface area contributed by atoms with E-state index in [1.54, 1.807) is 0 Å². The molecule has 0 aliphatic heterocycles. The Bertz CT molecular complexity index is 178. The van der Waals surface area contributed by atoms with Crippen molar-refractivity contribution in [1.29, 1.82) is 0 Å². The van der Waals surface area contributed by atoms with E-state index in [0.717, 1.165) is 25.7 Å². The molecule has 0 spiro atoms. The molecular weight excluding hydrogens is 224 g/mol. The van der Waals surface area contributed by atoms with Gasteiger partial charge < -0.3 is 4.74 Å². The molecule has 0 aliphatic carbocycles. The SMILES string of the molecule is [CH2]CCCCCCCCC(=O)OCCCCCC. The first-order valence-electron chi connectivity index (χ1n) is 7.76. The number of esters is 1. The van der Waals surface area contributed by atoms with Crippen molar-refractivity contribution in [2.24, 2.45) is 0 Å². The summed E-state index contributed by atoms with van der Waals surface area (Å²) in [5.41, 5.74) is 0. The van der Waals surface area contributed by atoms with Gasteiger partial charge in [0.2, 0.25) is 0 Å². The van der Waals surface area contributed by atoms with E-state index in [1.807, 2.05) is 0 Å². The largest absolute Gasteiger partial charge is 0.466 e. The zero-order valence-corrected chi connectivity index (χ0v) is 12.2. The Kier molecular flexibility index (Phi) is 14.1. The molecular formula is C16H31O2. The number of hydrogen-bond acceptors (Lipinski definition) is 2. The topological polar surface area (TPSA) is 26.3 Å². The van der Waals surface area contributed by atoms with E-state index in [-0.39, 0.29) is 5.97 Å². The van der Waals surface area contributed by atoms with Gasteiger partial charge in [0.1, 0.15) is 0 Å². The Morgan fingerprint density at radius 2 is 1.50 bits per heavy atom. The van der Waals surface area contributed by atoms with Crippen molar-refractivity contribution in [3.8, 4) is 0 Å². The highest BCUT2D eigenvalue weighted by Crippen LogP contribution is 2.09. The number of carbonyl (C=O) groups is 1. The Balaban J connectivity index is 3.12. The first kappa shape index (κ1) is 17.5. The van der Waals surface area contributed by atoms with Crippen molar-refractivity contribution >= 4 is 5.97 Å². The third-order valence-electron chi connectivity index (χ3n) is 3.14. The zero-order valence-electron chi connectivity index (χ0n) is 12.2. The monoisotopic (exact) mass is 255 g/mol. The molecule has 0 rings (SSSR count). The molecule has 1 radical (unpaired) electrons. The lowest BCUT2D eigenvalue weighted by Gasteiger charge is -2.04. The van der Waals surface area contributed by atoms with Crippen LogP contribution in [-0.2, 0) is 9.53 Å². The molecule has 0 amide bonds. The van der Waals surface area contributed by atoms with Crippen LogP contribution in [0.4, 0.5) is 0 Å². The molecule has 0 unspecified atom stereocenters. The van der Waals surface area contributed by atoms with Crippen LogP contribution in [0.3, 0.4) is 0 Å². The van der Waals surface area contributed by atoms with Crippen LogP contribution in [0.5, 0.6) is 0 Å². The summed E-state index contributed by atoms with van der Waals surface area (Å²) in [5.74, 6) is -0.00995. The summed E-state index contributed by atoms with van der Waals surface area (Å²) in [7, 11) is 0. The van der Waals surface area contributed by atoms with Crippen LogP contribution < -0.4 is 0 Å². The molecule has 18 heavy (non-hydrogen) atoms. The van der Waals surface area contributed by atoms with E-state index in [2.05, 4.69) is 13.8 Å². The van der Waals surface area contributed by atoms with Gasteiger partial charge in [0.15, 0.2) is 0 Å². The molecule has 0 bridgehead atoms. The van der Waals surface area contributed by atoms with Crippen LogP contribution in [0.2, 0.25) is 0 Å². The second-order valence-electron chi connectivity index (χ2n) is 5.01. The van der Waals surface area contributed by atoms with Crippen molar-refractivity contribution in [2.45, 2.75) is 84.0 Å². The van der Waals surface area contributed by atoms with Gasteiger partial charge in [-0.25, -0.2) is 0 Å². The van der Waals surface area contributed by atoms with Gasteiger partial charge in [-0.1, -0.05) is 71.6 Å². The van der Waals surface area contributed by atoms with E-state index in [4.69, 9.17) is 4.74 Å². The van der Waals surface area contributed by atoms with Gasteiger partial charge in [0.25, 0.3) is 0 Å². The molecule has 0 aliphatic rings. The predicted molar refractivity (Wildman–Crippen MR) is 77.4 cm³/mol. The van der Waals surface area contributed by atoms with Gasteiger partial charge in [0, 0.05) is 6.42 Å². The third-order valence-corrected chi connectivity index (χ3v) is 3.14. The summed E-state index contributed by atoms with van der Waals surface area (Å²) in [4.78, 5) is 11.4. The molecule has 0 aromatic carbocycles. The number of rotatable bonds is 13. The van der Waals surface area contributed by atoms with Crippen LogP contribution in [-0.4, -0.2) is 12.6 Å². The van der Waals surface area contributed by atoms with Crippen molar-refractivity contribution in [2.75, 3.05) is 6.61 Å². The normalized spacial score (nSPS) is 10.6. The molecule has 0 aromatic heterocycles. The molecule has 0 N–H and O–H groups in total. The highest BCUT2D eigenvalue weighted by molar-refractivity contribution is 5.69. The van der Waals surface area contributed by atoms with Crippen molar-refractivity contribution in [3.05, 3.63) is 6.92 Å². The number of unbranched alkanes of at least 4 members (excludes halogenated alkanes) is 9. The number of ether oxygens (including phenoxy) is 1. The predicted octanol–water partition coefficient (Wildman–Crippen LogP) is 5.06. The fourth-order valence-corrected chi connectivity index (χ4v) is 1.94. The molecule has 2 nitrogen and oxygen atoms in total. The minimum Gasteiger partial charge on any atom is -0.466 e. The Morgan fingerprint density at radius 3 is 2.17 bits per heavy atom. The maximum Gasteiger partial charge on any atom is 0.305 e. The molecule has 0 aromatic rings. The quantitative estimate of drug-likeness (QED) is 0.339. The second-order valence-corrected chi connectivity index (χ2v) is 5.01. The lowest BCUT2D eigenvalue weighted by Crippen LogP contribution is -2.05. The van der Waals surface area contributed by atoms with Gasteiger partial charge in [-0.05, 0) is 12.8 Å². The van der Waals surface area contributed by atoms with E-state index in [0.29, 0.717) is 13.0 Å². The molecule has 0 saturated carbocycles. The minimum absolute atomic E-state index is 0.00995. The smallest absolute Gasteiger partial charge is 0.305 e. The maximum absolute atomic E-state index is 11.4. The minimum atomic E-state index is -0.00995. The lowest BCUT2D eigenvalue weighted by molar-refractivity contribution is -0.143. The van der Waals surface area contributed by atoms with Crippen molar-refractivity contribution in [3.63, 3.8) is 0 Å². The number of carbonyl (C=O) groups excluding carboxylic acids is 1. The second kappa shape index (κ2) is 14.5. The van der Waals surface area contributed by atoms with Crippen molar-refractivity contribution < 1.29 is 9.53 Å². The Morgan fingerprint density at radius 1 is 0.889 bits per heavy atom. The number of hydrogen-bond donors (Lipinski definition) is 0.